The topological polar surface area (TPSA) is 30.7 Å². The number of hydrogen-bond donors (Lipinski definition) is 0. The summed E-state index contributed by atoms with van der Waals surface area (Å²) in [5.41, 5.74) is 9.81. The second-order valence-electron chi connectivity index (χ2n) is 11.0. The lowest BCUT2D eigenvalue weighted by molar-refractivity contribution is 1.10. The highest BCUT2D eigenvalue weighted by Crippen LogP contribution is 2.43. The summed E-state index contributed by atoms with van der Waals surface area (Å²) in [6, 6.07) is 53.5. The van der Waals surface area contributed by atoms with Crippen LogP contribution in [0.25, 0.3) is 81.6 Å². The largest absolute Gasteiger partial charge is 0.292 e. The molecule has 0 N–H and O–H groups in total. The molecule has 4 heteroatoms. The highest BCUT2D eigenvalue weighted by Gasteiger charge is 2.17. The molecule has 3 aromatic heterocycles. The monoisotopic (exact) mass is 579 g/mol. The van der Waals surface area contributed by atoms with Crippen molar-refractivity contribution in [1.82, 2.24) is 14.5 Å². The zero-order valence-corrected chi connectivity index (χ0v) is 24.5. The summed E-state index contributed by atoms with van der Waals surface area (Å²) in [5, 5.41) is 3.80. The van der Waals surface area contributed by atoms with E-state index in [-0.39, 0.29) is 0 Å². The Morgan fingerprint density at radius 3 is 1.82 bits per heavy atom. The van der Waals surface area contributed by atoms with Crippen LogP contribution in [0.3, 0.4) is 0 Å². The van der Waals surface area contributed by atoms with E-state index in [0.717, 1.165) is 44.9 Å². The first-order valence-corrected chi connectivity index (χ1v) is 15.6. The lowest BCUT2D eigenvalue weighted by atomic mass is 9.99. The molecular weight excluding hydrogens is 555 g/mol. The van der Waals surface area contributed by atoms with Gasteiger partial charge in [-0.05, 0) is 47.5 Å². The molecule has 0 unspecified atom stereocenters. The maximum absolute atomic E-state index is 5.17. The van der Waals surface area contributed by atoms with Crippen LogP contribution in [0.2, 0.25) is 0 Å². The minimum Gasteiger partial charge on any atom is -0.292 e. The Labute approximate surface area is 258 Å². The van der Waals surface area contributed by atoms with Crippen LogP contribution >= 0.6 is 11.3 Å². The van der Waals surface area contributed by atoms with Gasteiger partial charge in [-0.25, -0.2) is 9.97 Å². The number of imidazole rings is 1. The van der Waals surface area contributed by atoms with Gasteiger partial charge in [0, 0.05) is 37.7 Å². The Balaban J connectivity index is 1.11. The normalized spacial score (nSPS) is 11.6. The molecule has 206 valence electrons. The first-order valence-electron chi connectivity index (χ1n) is 14.8. The average molecular weight is 580 g/mol. The van der Waals surface area contributed by atoms with Crippen molar-refractivity contribution in [2.75, 3.05) is 0 Å². The summed E-state index contributed by atoms with van der Waals surface area (Å²) in [6.07, 6.45) is 0. The molecular formula is C40H25N3S. The van der Waals surface area contributed by atoms with Gasteiger partial charge in [0.1, 0.15) is 5.82 Å². The van der Waals surface area contributed by atoms with Gasteiger partial charge < -0.3 is 0 Å². The molecule has 0 amide bonds. The summed E-state index contributed by atoms with van der Waals surface area (Å²) in [5.74, 6) is 0.939. The first-order chi connectivity index (χ1) is 21.8. The summed E-state index contributed by atoms with van der Waals surface area (Å²) in [7, 11) is 0. The Morgan fingerprint density at radius 2 is 1.05 bits per heavy atom. The molecule has 0 bridgehead atoms. The molecule has 0 saturated carbocycles. The fourth-order valence-corrected chi connectivity index (χ4v) is 7.55. The van der Waals surface area contributed by atoms with Crippen LogP contribution in [0.5, 0.6) is 0 Å². The van der Waals surface area contributed by atoms with Crippen molar-refractivity contribution in [3.8, 4) is 39.5 Å². The van der Waals surface area contributed by atoms with Gasteiger partial charge in [-0.1, -0.05) is 115 Å². The molecule has 0 aliphatic heterocycles. The second kappa shape index (κ2) is 10.0. The van der Waals surface area contributed by atoms with Gasteiger partial charge in [0.15, 0.2) is 0 Å². The average Bonchev–Trinajstić information content (AvgIpc) is 3.68. The number of aromatic nitrogens is 3. The molecule has 9 rings (SSSR count). The third-order valence-electron chi connectivity index (χ3n) is 8.43. The standard InChI is InChI=1S/C40H25N3S/c1-2-10-30(11-3-1)43-35-16-8-7-15-34(35)42-40(43)29-24-20-27(21-25-29)26-18-22-28(23-19-26)38-39-37(31-12-4-6-14-33(31)41-38)32-13-5-9-17-36(32)44-39/h1-25H. The van der Waals surface area contributed by atoms with Crippen molar-refractivity contribution in [3.05, 3.63) is 152 Å². The van der Waals surface area contributed by atoms with Gasteiger partial charge in [-0.2, -0.15) is 0 Å². The Kier molecular flexibility index (Phi) is 5.68. The zero-order valence-electron chi connectivity index (χ0n) is 23.7. The highest BCUT2D eigenvalue weighted by molar-refractivity contribution is 7.26. The number of hydrogen-bond acceptors (Lipinski definition) is 3. The zero-order chi connectivity index (χ0) is 29.0. The third-order valence-corrected chi connectivity index (χ3v) is 9.60. The smallest absolute Gasteiger partial charge is 0.145 e. The molecule has 44 heavy (non-hydrogen) atoms. The predicted octanol–water partition coefficient (Wildman–Crippen LogP) is 10.9. The predicted molar refractivity (Wildman–Crippen MR) is 186 cm³/mol. The van der Waals surface area contributed by atoms with Crippen LogP contribution in [0.1, 0.15) is 0 Å². The second-order valence-corrected chi connectivity index (χ2v) is 12.1. The summed E-state index contributed by atoms with van der Waals surface area (Å²) in [6.45, 7) is 0. The fraction of sp³-hybridized carbons (Fsp3) is 0. The number of pyridine rings is 1. The van der Waals surface area contributed by atoms with Gasteiger partial charge in [0.05, 0.1) is 26.9 Å². The molecule has 0 radical (unpaired) electrons. The molecule has 0 spiro atoms. The third kappa shape index (κ3) is 3.96. The number of para-hydroxylation sites is 4. The van der Waals surface area contributed by atoms with Crippen molar-refractivity contribution in [1.29, 1.82) is 0 Å². The molecule has 3 heterocycles. The van der Waals surface area contributed by atoms with E-state index in [1.165, 1.54) is 36.7 Å². The van der Waals surface area contributed by atoms with E-state index in [2.05, 4.69) is 144 Å². The lowest BCUT2D eigenvalue weighted by Gasteiger charge is -2.11. The van der Waals surface area contributed by atoms with Gasteiger partial charge in [0.2, 0.25) is 0 Å². The Bertz CT molecular complexity index is 2470. The van der Waals surface area contributed by atoms with Crippen molar-refractivity contribution in [2.45, 2.75) is 0 Å². The van der Waals surface area contributed by atoms with E-state index in [4.69, 9.17) is 9.97 Å². The summed E-state index contributed by atoms with van der Waals surface area (Å²) >= 11 is 1.83. The van der Waals surface area contributed by atoms with E-state index in [0.29, 0.717) is 0 Å². The molecule has 0 fully saturated rings. The van der Waals surface area contributed by atoms with Crippen LogP contribution in [0.15, 0.2) is 152 Å². The van der Waals surface area contributed by atoms with Gasteiger partial charge in [0.25, 0.3) is 0 Å². The number of thiophene rings is 1. The quantitative estimate of drug-likeness (QED) is 0.208. The first kappa shape index (κ1) is 25.0. The molecule has 9 aromatic rings. The maximum atomic E-state index is 5.17. The van der Waals surface area contributed by atoms with Crippen molar-refractivity contribution in [3.63, 3.8) is 0 Å². The van der Waals surface area contributed by atoms with Gasteiger partial charge in [-0.3, -0.25) is 4.57 Å². The van der Waals surface area contributed by atoms with Gasteiger partial charge in [-0.15, -0.1) is 11.3 Å². The summed E-state index contributed by atoms with van der Waals surface area (Å²) < 4.78 is 4.77. The minimum atomic E-state index is 0.939. The Morgan fingerprint density at radius 1 is 0.455 bits per heavy atom. The van der Waals surface area contributed by atoms with Crippen LogP contribution in [-0.2, 0) is 0 Å². The number of nitrogens with zero attached hydrogens (tertiary/aromatic N) is 3. The molecule has 0 saturated heterocycles. The van der Waals surface area contributed by atoms with Crippen LogP contribution < -0.4 is 0 Å². The van der Waals surface area contributed by atoms with Crippen LogP contribution in [-0.4, -0.2) is 14.5 Å². The molecule has 6 aromatic carbocycles. The maximum Gasteiger partial charge on any atom is 0.145 e. The number of benzene rings is 6. The van der Waals surface area contributed by atoms with Crippen molar-refractivity contribution in [2.24, 2.45) is 0 Å². The molecule has 3 nitrogen and oxygen atoms in total. The van der Waals surface area contributed by atoms with E-state index in [1.807, 2.05) is 23.5 Å². The number of fused-ring (bicyclic) bond motifs is 6. The van der Waals surface area contributed by atoms with Crippen LogP contribution in [0.4, 0.5) is 0 Å². The lowest BCUT2D eigenvalue weighted by Crippen LogP contribution is -1.97. The van der Waals surface area contributed by atoms with Gasteiger partial charge >= 0.3 is 0 Å². The van der Waals surface area contributed by atoms with Crippen molar-refractivity contribution >= 4 is 53.4 Å². The van der Waals surface area contributed by atoms with E-state index >= 15 is 0 Å². The van der Waals surface area contributed by atoms with Crippen molar-refractivity contribution < 1.29 is 0 Å². The van der Waals surface area contributed by atoms with E-state index < -0.39 is 0 Å². The highest BCUT2D eigenvalue weighted by atomic mass is 32.1. The Hall–Kier alpha value is -5.58. The molecule has 0 aliphatic rings. The van der Waals surface area contributed by atoms with E-state index in [1.54, 1.807) is 0 Å². The van der Waals surface area contributed by atoms with E-state index in [9.17, 15) is 0 Å². The SMILES string of the molecule is c1ccc(-n2c(-c3ccc(-c4ccc(-c5nc6ccccc6c6c5sc5ccccc56)cc4)cc3)nc3ccccc32)cc1. The molecule has 0 atom stereocenters. The van der Waals surface area contributed by atoms with Crippen LogP contribution in [0, 0.1) is 0 Å². The number of rotatable bonds is 4. The minimum absolute atomic E-state index is 0.939. The fourth-order valence-electron chi connectivity index (χ4n) is 6.32. The molecule has 0 aliphatic carbocycles. The summed E-state index contributed by atoms with van der Waals surface area (Å²) in [4.78, 5) is 10.2.